The Balaban J connectivity index is 1.96. The largest absolute Gasteiger partial charge is 0.470 e. The third kappa shape index (κ3) is 2.08. The van der Waals surface area contributed by atoms with Crippen molar-refractivity contribution in [1.29, 1.82) is 0 Å². The average molecular weight is 345 g/mol. The Bertz CT molecular complexity index is 836. The second kappa shape index (κ2) is 4.68. The molecule has 2 aromatic heterocycles. The maximum Gasteiger partial charge on any atom is 0.470 e. The first-order valence-corrected chi connectivity index (χ1v) is 8.05. The Morgan fingerprint density at radius 3 is 2.74 bits per heavy atom. The minimum Gasteiger partial charge on any atom is -0.387 e. The van der Waals surface area contributed by atoms with Gasteiger partial charge < -0.3 is 30.5 Å². The summed E-state index contributed by atoms with van der Waals surface area (Å²) in [5.74, 6) is 0.0881. The third-order valence-corrected chi connectivity index (χ3v) is 4.37. The molecule has 13 heteroatoms. The minimum absolute atomic E-state index is 0.0346. The van der Waals surface area contributed by atoms with Gasteiger partial charge in [0.2, 0.25) is 0 Å². The molecule has 124 valence electrons. The first kappa shape index (κ1) is 14.9. The number of nitrogens with zero attached hydrogens (tertiary/aromatic N) is 4. The van der Waals surface area contributed by atoms with Crippen molar-refractivity contribution in [2.24, 2.45) is 0 Å². The highest BCUT2D eigenvalue weighted by Crippen LogP contribution is 2.51. The predicted octanol–water partition coefficient (Wildman–Crippen LogP) is -1.81. The molecule has 1 fully saturated rings. The molecule has 0 aromatic carbocycles. The van der Waals surface area contributed by atoms with Crippen LogP contribution in [0.15, 0.2) is 6.33 Å². The molecule has 23 heavy (non-hydrogen) atoms. The van der Waals surface area contributed by atoms with Gasteiger partial charge in [-0.05, 0) is 0 Å². The number of nitrogen functional groups attached to an aromatic ring is 1. The lowest BCUT2D eigenvalue weighted by molar-refractivity contribution is -0.111. The van der Waals surface area contributed by atoms with E-state index in [1.165, 1.54) is 10.9 Å². The standard InChI is InChI=1S/C10H12N5O7P/c11-7-2-8(13-1-12-7)15-9(14-2)6(22-23(18,19)20)5-3(16)4(17)10(15)21-5/h1,3-6,10,16-17H,(H2,11,12,13)(H2,18,19,20). The number of hydrogen-bond acceptors (Lipinski definition) is 9. The van der Waals surface area contributed by atoms with Gasteiger partial charge in [-0.2, -0.15) is 0 Å². The maximum atomic E-state index is 11.2. The number of aliphatic hydroxyl groups is 2. The van der Waals surface area contributed by atoms with Crippen LogP contribution in [0.1, 0.15) is 18.2 Å². The highest BCUT2D eigenvalue weighted by Gasteiger charge is 2.56. The van der Waals surface area contributed by atoms with Crippen LogP contribution in [-0.4, -0.2) is 57.8 Å². The van der Waals surface area contributed by atoms with Crippen LogP contribution >= 0.6 is 7.82 Å². The fraction of sp³-hybridized carbons (Fsp3) is 0.500. The molecular formula is C10H12N5O7P. The molecule has 2 aliphatic rings. The lowest BCUT2D eigenvalue weighted by Crippen LogP contribution is -2.35. The highest BCUT2D eigenvalue weighted by atomic mass is 31.2. The molecule has 2 bridgehead atoms. The number of fused-ring (bicyclic) bond motifs is 6. The summed E-state index contributed by atoms with van der Waals surface area (Å²) in [5.41, 5.74) is 6.10. The minimum atomic E-state index is -4.92. The van der Waals surface area contributed by atoms with E-state index in [4.69, 9.17) is 24.8 Å². The smallest absolute Gasteiger partial charge is 0.387 e. The number of rotatable bonds is 2. The summed E-state index contributed by atoms with van der Waals surface area (Å²) >= 11 is 0. The van der Waals surface area contributed by atoms with Crippen molar-refractivity contribution in [3.63, 3.8) is 0 Å². The summed E-state index contributed by atoms with van der Waals surface area (Å²) in [6.07, 6.45) is -5.21. The molecule has 12 nitrogen and oxygen atoms in total. The monoisotopic (exact) mass is 345 g/mol. The number of imidazole rings is 1. The van der Waals surface area contributed by atoms with Gasteiger partial charge in [0.25, 0.3) is 0 Å². The van der Waals surface area contributed by atoms with Crippen LogP contribution in [0, 0.1) is 0 Å². The van der Waals surface area contributed by atoms with E-state index in [-0.39, 0.29) is 22.8 Å². The van der Waals surface area contributed by atoms with Gasteiger partial charge in [0.05, 0.1) is 0 Å². The predicted molar refractivity (Wildman–Crippen MR) is 71.5 cm³/mol. The Labute approximate surface area is 127 Å². The first-order valence-electron chi connectivity index (χ1n) is 6.52. The van der Waals surface area contributed by atoms with Crippen molar-refractivity contribution in [3.05, 3.63) is 12.2 Å². The Kier molecular flexibility index (Phi) is 3.03. The lowest BCUT2D eigenvalue weighted by Gasteiger charge is -2.30. The number of anilines is 1. The number of phosphoric acid groups is 1. The fourth-order valence-corrected chi connectivity index (χ4v) is 3.46. The Morgan fingerprint density at radius 1 is 1.30 bits per heavy atom. The Morgan fingerprint density at radius 2 is 2.04 bits per heavy atom. The molecule has 0 radical (unpaired) electrons. The molecule has 0 aliphatic carbocycles. The molecule has 4 rings (SSSR count). The van der Waals surface area contributed by atoms with Gasteiger partial charge >= 0.3 is 7.82 Å². The van der Waals surface area contributed by atoms with Crippen molar-refractivity contribution >= 4 is 24.8 Å². The molecule has 5 unspecified atom stereocenters. The summed E-state index contributed by atoms with van der Waals surface area (Å²) in [5, 5.41) is 20.2. The molecule has 5 atom stereocenters. The van der Waals surface area contributed by atoms with E-state index >= 15 is 0 Å². The van der Waals surface area contributed by atoms with E-state index in [1.807, 2.05) is 0 Å². The summed E-state index contributed by atoms with van der Waals surface area (Å²) in [6.45, 7) is 0. The lowest BCUT2D eigenvalue weighted by atomic mass is 10.1. The normalized spacial score (nSPS) is 33.1. The van der Waals surface area contributed by atoms with Crippen molar-refractivity contribution < 1.29 is 33.8 Å². The molecule has 0 spiro atoms. The van der Waals surface area contributed by atoms with E-state index in [2.05, 4.69) is 15.0 Å². The third-order valence-electron chi connectivity index (χ3n) is 3.87. The molecule has 2 aromatic rings. The summed E-state index contributed by atoms with van der Waals surface area (Å²) < 4.78 is 22.7. The van der Waals surface area contributed by atoms with Crippen molar-refractivity contribution in [1.82, 2.24) is 19.5 Å². The fourth-order valence-electron chi connectivity index (χ4n) is 2.95. The number of hydrogen-bond donors (Lipinski definition) is 5. The van der Waals surface area contributed by atoms with Gasteiger partial charge in [-0.1, -0.05) is 0 Å². The number of phosphoric ester groups is 1. The van der Waals surface area contributed by atoms with E-state index < -0.39 is 38.5 Å². The van der Waals surface area contributed by atoms with Gasteiger partial charge in [0, 0.05) is 0 Å². The SMILES string of the molecule is Nc1ncnc2c1nc1n2C2OC(C1OP(=O)(O)O)C(O)C2O. The molecule has 1 saturated heterocycles. The zero-order valence-electron chi connectivity index (χ0n) is 11.3. The molecule has 0 saturated carbocycles. The van der Waals surface area contributed by atoms with E-state index in [9.17, 15) is 14.8 Å². The number of ether oxygens (including phenoxy) is 1. The van der Waals surface area contributed by atoms with Crippen LogP contribution in [0.4, 0.5) is 5.82 Å². The first-order chi connectivity index (χ1) is 10.8. The zero-order valence-corrected chi connectivity index (χ0v) is 12.2. The molecule has 6 N–H and O–H groups in total. The van der Waals surface area contributed by atoms with E-state index in [0.29, 0.717) is 0 Å². The highest BCUT2D eigenvalue weighted by molar-refractivity contribution is 7.46. The van der Waals surface area contributed by atoms with Gasteiger partial charge in [0.1, 0.15) is 30.5 Å². The van der Waals surface area contributed by atoms with Gasteiger partial charge in [0.15, 0.2) is 29.3 Å². The summed E-state index contributed by atoms with van der Waals surface area (Å²) in [6, 6.07) is 0. The second-order valence-electron chi connectivity index (χ2n) is 5.26. The second-order valence-corrected chi connectivity index (χ2v) is 6.45. The molecular weight excluding hydrogens is 333 g/mol. The van der Waals surface area contributed by atoms with Gasteiger partial charge in [-0.25, -0.2) is 19.5 Å². The van der Waals surface area contributed by atoms with Gasteiger partial charge in [-0.3, -0.25) is 9.09 Å². The van der Waals surface area contributed by atoms with Crippen LogP contribution in [0.2, 0.25) is 0 Å². The zero-order chi connectivity index (χ0) is 16.5. The van der Waals surface area contributed by atoms with Gasteiger partial charge in [-0.15, -0.1) is 0 Å². The molecule has 2 aliphatic heterocycles. The number of aromatic nitrogens is 4. The van der Waals surface area contributed by atoms with Crippen molar-refractivity contribution in [2.45, 2.75) is 30.6 Å². The molecule has 4 heterocycles. The van der Waals surface area contributed by atoms with Crippen LogP contribution in [-0.2, 0) is 13.8 Å². The molecule has 0 amide bonds. The summed E-state index contributed by atoms with van der Waals surface area (Å²) in [7, 11) is -4.92. The van der Waals surface area contributed by atoms with Crippen LogP contribution < -0.4 is 5.73 Å². The van der Waals surface area contributed by atoms with Crippen molar-refractivity contribution in [2.75, 3.05) is 5.73 Å². The average Bonchev–Trinajstić information content (AvgIpc) is 2.96. The topological polar surface area (TPSA) is 186 Å². The maximum absolute atomic E-state index is 11.2. The summed E-state index contributed by atoms with van der Waals surface area (Å²) in [4.78, 5) is 30.2. The quantitative estimate of drug-likeness (QED) is 0.386. The Hall–Kier alpha value is -1.66. The van der Waals surface area contributed by atoms with Crippen LogP contribution in [0.5, 0.6) is 0 Å². The van der Waals surface area contributed by atoms with Crippen molar-refractivity contribution in [3.8, 4) is 0 Å². The van der Waals surface area contributed by atoms with E-state index in [1.54, 1.807) is 0 Å². The van der Waals surface area contributed by atoms with E-state index in [0.717, 1.165) is 0 Å². The number of nitrogens with two attached hydrogens (primary N) is 1. The number of aliphatic hydroxyl groups excluding tert-OH is 2. The van der Waals surface area contributed by atoms with Crippen LogP contribution in [0.3, 0.4) is 0 Å². The van der Waals surface area contributed by atoms with Crippen LogP contribution in [0.25, 0.3) is 11.2 Å².